The zero-order valence-corrected chi connectivity index (χ0v) is 15.7. The number of imidazole rings is 1. The number of hydrogen-bond donors (Lipinski definition) is 1. The minimum atomic E-state index is -1.50. The Bertz CT molecular complexity index is 632. The Morgan fingerprint density at radius 3 is 2.60 bits per heavy atom. The summed E-state index contributed by atoms with van der Waals surface area (Å²) in [5.74, 6) is 0.404. The molecule has 0 aliphatic carbocycles. The monoisotopic (exact) mass is 387 g/mol. The molecular formula is C17H23Cl2N3O3. The Morgan fingerprint density at radius 2 is 2.04 bits per heavy atom. The average Bonchev–Trinajstić information content (AvgIpc) is 3.03. The molecule has 2 aromatic rings. The standard InChI is InChI=1S/C17H22Cl2N2.HNO3/c1-2-3-4-5-6-14(12-21-10-9-20-13-21)16-8-7-15(18)11-17(16)19;2-1(3)4/h7-11,13-14H,2-6,12H2,1H3;(H,2,3,4). The highest BCUT2D eigenvalue weighted by molar-refractivity contribution is 6.35. The summed E-state index contributed by atoms with van der Waals surface area (Å²) >= 11 is 12.4. The summed E-state index contributed by atoms with van der Waals surface area (Å²) in [6.07, 6.45) is 11.9. The van der Waals surface area contributed by atoms with Crippen molar-refractivity contribution in [3.05, 3.63) is 62.6 Å². The van der Waals surface area contributed by atoms with Crippen molar-refractivity contribution in [2.24, 2.45) is 0 Å². The Balaban J connectivity index is 0.000000705. The molecule has 1 atom stereocenters. The van der Waals surface area contributed by atoms with Crippen LogP contribution in [0.2, 0.25) is 10.0 Å². The predicted molar refractivity (Wildman–Crippen MR) is 99.0 cm³/mol. The van der Waals surface area contributed by atoms with Crippen molar-refractivity contribution >= 4 is 23.2 Å². The fourth-order valence-corrected chi connectivity index (χ4v) is 3.21. The third-order valence-electron chi connectivity index (χ3n) is 3.80. The highest BCUT2D eigenvalue weighted by Crippen LogP contribution is 2.32. The molecule has 6 nitrogen and oxygen atoms in total. The van der Waals surface area contributed by atoms with Crippen molar-refractivity contribution in [2.45, 2.75) is 51.5 Å². The first-order valence-corrected chi connectivity index (χ1v) is 8.93. The van der Waals surface area contributed by atoms with Gasteiger partial charge in [-0.05, 0) is 24.1 Å². The van der Waals surface area contributed by atoms with Crippen molar-refractivity contribution in [1.29, 1.82) is 0 Å². The maximum atomic E-state index is 8.36. The second kappa shape index (κ2) is 11.7. The van der Waals surface area contributed by atoms with Crippen LogP contribution in [0.25, 0.3) is 0 Å². The molecule has 1 heterocycles. The van der Waals surface area contributed by atoms with E-state index in [2.05, 4.69) is 22.5 Å². The SMILES string of the molecule is CCCCCCC(Cn1ccnc1)c1ccc(Cl)cc1Cl.O=[N+]([O-])O. The molecule has 1 N–H and O–H groups in total. The first-order valence-electron chi connectivity index (χ1n) is 8.18. The van der Waals surface area contributed by atoms with E-state index in [-0.39, 0.29) is 0 Å². The van der Waals surface area contributed by atoms with Gasteiger partial charge in [-0.3, -0.25) is 0 Å². The predicted octanol–water partition coefficient (Wildman–Crippen LogP) is 5.60. The molecule has 1 aromatic heterocycles. The van der Waals surface area contributed by atoms with Crippen LogP contribution in [0.15, 0.2) is 36.9 Å². The van der Waals surface area contributed by atoms with Crippen molar-refractivity contribution in [3.8, 4) is 0 Å². The number of unbranched alkanes of at least 4 members (excludes halogenated alkanes) is 3. The quantitative estimate of drug-likeness (QED) is 0.363. The summed E-state index contributed by atoms with van der Waals surface area (Å²) in [5.41, 5.74) is 1.19. The lowest BCUT2D eigenvalue weighted by Crippen LogP contribution is -2.09. The van der Waals surface area contributed by atoms with Crippen LogP contribution in [0.1, 0.15) is 50.5 Å². The van der Waals surface area contributed by atoms with Gasteiger partial charge in [0, 0.05) is 34.9 Å². The highest BCUT2D eigenvalue weighted by Gasteiger charge is 2.15. The molecule has 25 heavy (non-hydrogen) atoms. The van der Waals surface area contributed by atoms with E-state index in [0.29, 0.717) is 10.9 Å². The van der Waals surface area contributed by atoms with E-state index in [1.54, 1.807) is 0 Å². The van der Waals surface area contributed by atoms with E-state index in [1.807, 2.05) is 30.9 Å². The zero-order chi connectivity index (χ0) is 18.7. The molecule has 0 radical (unpaired) electrons. The number of hydrogen-bond acceptors (Lipinski definition) is 3. The summed E-state index contributed by atoms with van der Waals surface area (Å²) in [7, 11) is 0. The van der Waals surface area contributed by atoms with E-state index in [4.69, 9.17) is 38.5 Å². The fraction of sp³-hybridized carbons (Fsp3) is 0.471. The maximum Gasteiger partial charge on any atom is 0.291 e. The van der Waals surface area contributed by atoms with Gasteiger partial charge in [-0.25, -0.2) is 4.98 Å². The van der Waals surface area contributed by atoms with Crippen molar-refractivity contribution in [1.82, 2.24) is 9.55 Å². The third-order valence-corrected chi connectivity index (χ3v) is 4.36. The van der Waals surface area contributed by atoms with Crippen LogP contribution in [0.4, 0.5) is 0 Å². The van der Waals surface area contributed by atoms with Gasteiger partial charge in [0.2, 0.25) is 0 Å². The van der Waals surface area contributed by atoms with Gasteiger partial charge in [0.15, 0.2) is 0 Å². The highest BCUT2D eigenvalue weighted by atomic mass is 35.5. The minimum Gasteiger partial charge on any atom is -0.337 e. The molecule has 0 aliphatic rings. The Kier molecular flexibility index (Phi) is 9.96. The summed E-state index contributed by atoms with van der Waals surface area (Å²) in [6, 6.07) is 5.83. The average molecular weight is 388 g/mol. The van der Waals surface area contributed by atoms with Crippen molar-refractivity contribution < 1.29 is 10.3 Å². The molecule has 8 heteroatoms. The molecule has 0 aliphatic heterocycles. The van der Waals surface area contributed by atoms with Gasteiger partial charge in [0.1, 0.15) is 0 Å². The van der Waals surface area contributed by atoms with Gasteiger partial charge >= 0.3 is 0 Å². The van der Waals surface area contributed by atoms with E-state index >= 15 is 0 Å². The largest absolute Gasteiger partial charge is 0.337 e. The van der Waals surface area contributed by atoms with E-state index in [0.717, 1.165) is 18.0 Å². The maximum absolute atomic E-state index is 8.36. The van der Waals surface area contributed by atoms with Crippen molar-refractivity contribution in [3.63, 3.8) is 0 Å². The van der Waals surface area contributed by atoms with Gasteiger partial charge in [0.05, 0.1) is 6.33 Å². The molecular weight excluding hydrogens is 365 g/mol. The number of rotatable bonds is 8. The van der Waals surface area contributed by atoms with Gasteiger partial charge < -0.3 is 9.77 Å². The first kappa shape index (κ1) is 21.3. The molecule has 0 bridgehead atoms. The van der Waals surface area contributed by atoms with Gasteiger partial charge in [-0.1, -0.05) is 61.9 Å². The summed E-state index contributed by atoms with van der Waals surface area (Å²) in [4.78, 5) is 12.5. The van der Waals surface area contributed by atoms with Crippen LogP contribution in [0.3, 0.4) is 0 Å². The van der Waals surface area contributed by atoms with Crippen LogP contribution in [-0.2, 0) is 6.54 Å². The lowest BCUT2D eigenvalue weighted by atomic mass is 9.92. The minimum absolute atomic E-state index is 0.404. The molecule has 0 saturated heterocycles. The number of aromatic nitrogens is 2. The lowest BCUT2D eigenvalue weighted by Gasteiger charge is -2.19. The Labute approximate surface area is 157 Å². The molecule has 0 saturated carbocycles. The van der Waals surface area contributed by atoms with Crippen molar-refractivity contribution in [2.75, 3.05) is 0 Å². The van der Waals surface area contributed by atoms with E-state index in [1.165, 1.54) is 31.2 Å². The molecule has 1 aromatic carbocycles. The number of halogens is 2. The second-order valence-corrected chi connectivity index (χ2v) is 6.55. The van der Waals surface area contributed by atoms with Crippen LogP contribution < -0.4 is 0 Å². The molecule has 0 amide bonds. The van der Waals surface area contributed by atoms with Crippen LogP contribution in [-0.4, -0.2) is 19.8 Å². The molecule has 138 valence electrons. The smallest absolute Gasteiger partial charge is 0.291 e. The lowest BCUT2D eigenvalue weighted by molar-refractivity contribution is -0.742. The third kappa shape index (κ3) is 8.74. The summed E-state index contributed by atoms with van der Waals surface area (Å²) in [6.45, 7) is 3.15. The number of benzene rings is 1. The fourth-order valence-electron chi connectivity index (χ4n) is 2.64. The number of nitrogens with zero attached hydrogens (tertiary/aromatic N) is 3. The molecule has 2 rings (SSSR count). The zero-order valence-electron chi connectivity index (χ0n) is 14.1. The van der Waals surface area contributed by atoms with Gasteiger partial charge in [0.25, 0.3) is 5.09 Å². The van der Waals surface area contributed by atoms with E-state index in [9.17, 15) is 0 Å². The van der Waals surface area contributed by atoms with Crippen LogP contribution in [0, 0.1) is 10.1 Å². The molecule has 0 fully saturated rings. The molecule has 0 spiro atoms. The Morgan fingerprint density at radius 1 is 1.32 bits per heavy atom. The topological polar surface area (TPSA) is 81.2 Å². The normalized spacial score (nSPS) is 11.5. The van der Waals surface area contributed by atoms with Crippen LogP contribution >= 0.6 is 23.2 Å². The van der Waals surface area contributed by atoms with Crippen LogP contribution in [0.5, 0.6) is 0 Å². The first-order chi connectivity index (χ1) is 11.9. The van der Waals surface area contributed by atoms with Gasteiger partial charge in [-0.2, -0.15) is 0 Å². The Hall–Kier alpha value is -1.79. The molecule has 1 unspecified atom stereocenters. The van der Waals surface area contributed by atoms with E-state index < -0.39 is 5.09 Å². The van der Waals surface area contributed by atoms with Gasteiger partial charge in [-0.15, -0.1) is 10.1 Å². The summed E-state index contributed by atoms with van der Waals surface area (Å²) in [5, 5.41) is 15.1. The summed E-state index contributed by atoms with van der Waals surface area (Å²) < 4.78 is 2.12. The second-order valence-electron chi connectivity index (χ2n) is 5.71.